The van der Waals surface area contributed by atoms with Crippen molar-refractivity contribution >= 4 is 16.0 Å². The number of methoxy groups -OCH3 is 1. The zero-order valence-electron chi connectivity index (χ0n) is 24.4. The van der Waals surface area contributed by atoms with E-state index in [4.69, 9.17) is 9.29 Å². The van der Waals surface area contributed by atoms with Crippen LogP contribution in [-0.4, -0.2) is 55.6 Å². The van der Waals surface area contributed by atoms with Crippen molar-refractivity contribution in [2.75, 3.05) is 19.4 Å². The molecule has 10 atom stereocenters. The molecular weight excluding hydrogens is 502 g/mol. The van der Waals surface area contributed by atoms with Crippen molar-refractivity contribution in [3.63, 3.8) is 0 Å². The van der Waals surface area contributed by atoms with Gasteiger partial charge in [0, 0.05) is 20.1 Å². The Bertz CT molecular complexity index is 956. The normalized spacial score (nSPS) is 44.2. The molecule has 220 valence electrons. The molecule has 2 bridgehead atoms. The van der Waals surface area contributed by atoms with Crippen LogP contribution in [-0.2, 0) is 19.6 Å². The molecule has 8 heteroatoms. The van der Waals surface area contributed by atoms with Crippen LogP contribution in [0, 0.1) is 45.8 Å². The molecule has 4 saturated carbocycles. The lowest BCUT2D eigenvalue weighted by atomic mass is 9.45. The predicted molar refractivity (Wildman–Crippen MR) is 149 cm³/mol. The van der Waals surface area contributed by atoms with Gasteiger partial charge in [-0.15, -0.1) is 0 Å². The van der Waals surface area contributed by atoms with E-state index in [0.717, 1.165) is 32.1 Å². The van der Waals surface area contributed by atoms with Crippen LogP contribution in [0.25, 0.3) is 0 Å². The Hall–Kier alpha value is -0.700. The van der Waals surface area contributed by atoms with Gasteiger partial charge in [-0.05, 0) is 116 Å². The van der Waals surface area contributed by atoms with Crippen LogP contribution in [0.5, 0.6) is 0 Å². The Kier molecular flexibility index (Phi) is 8.99. The lowest BCUT2D eigenvalue weighted by molar-refractivity contribution is -0.155. The van der Waals surface area contributed by atoms with E-state index in [-0.39, 0.29) is 40.9 Å². The second kappa shape index (κ2) is 11.3. The highest BCUT2D eigenvalue weighted by Crippen LogP contribution is 2.66. The summed E-state index contributed by atoms with van der Waals surface area (Å²) in [6, 6.07) is 0. The number of aliphatic hydroxyl groups excluding tert-OH is 1. The van der Waals surface area contributed by atoms with Crippen LogP contribution in [0.4, 0.5) is 0 Å². The Labute approximate surface area is 231 Å². The minimum absolute atomic E-state index is 0.0567. The topological polar surface area (TPSA) is 113 Å². The van der Waals surface area contributed by atoms with Crippen LogP contribution < -0.4 is 5.32 Å². The summed E-state index contributed by atoms with van der Waals surface area (Å²) in [6.07, 6.45) is 12.6. The number of carbonyl (C=O) groups is 1. The van der Waals surface area contributed by atoms with Crippen molar-refractivity contribution in [1.82, 2.24) is 5.32 Å². The van der Waals surface area contributed by atoms with Gasteiger partial charge in [-0.3, -0.25) is 9.35 Å². The summed E-state index contributed by atoms with van der Waals surface area (Å²) in [5, 5.41) is 13.3. The van der Waals surface area contributed by atoms with E-state index >= 15 is 0 Å². The number of carbonyl (C=O) groups excluding carboxylic acids is 1. The predicted octanol–water partition coefficient (Wildman–Crippen LogP) is 5.22. The maximum Gasteiger partial charge on any atom is 0.266 e. The average Bonchev–Trinajstić information content (AvgIpc) is 3.16. The first-order valence-electron chi connectivity index (χ1n) is 15.2. The number of fused-ring (bicyclic) bond motifs is 7. The van der Waals surface area contributed by atoms with Gasteiger partial charge < -0.3 is 15.2 Å². The van der Waals surface area contributed by atoms with E-state index in [2.05, 4.69) is 33.0 Å². The number of aliphatic hydroxyl groups is 1. The maximum atomic E-state index is 12.4. The molecule has 0 aromatic carbocycles. The van der Waals surface area contributed by atoms with Crippen LogP contribution in [0.1, 0.15) is 105 Å². The number of rotatable bonds is 8. The molecule has 0 saturated heterocycles. The third kappa shape index (κ3) is 5.71. The molecule has 3 N–H and O–H groups in total. The highest BCUT2D eigenvalue weighted by atomic mass is 32.2. The fourth-order valence-electron chi connectivity index (χ4n) is 10.1. The van der Waals surface area contributed by atoms with Crippen molar-refractivity contribution in [2.45, 2.75) is 117 Å². The van der Waals surface area contributed by atoms with Gasteiger partial charge in [-0.1, -0.05) is 27.7 Å². The van der Waals surface area contributed by atoms with Gasteiger partial charge >= 0.3 is 0 Å². The number of nitrogens with one attached hydrogen (secondary N) is 1. The third-order valence-electron chi connectivity index (χ3n) is 12.5. The highest BCUT2D eigenvalue weighted by molar-refractivity contribution is 7.85. The molecule has 0 aromatic heterocycles. The first-order valence-corrected chi connectivity index (χ1v) is 16.8. The summed E-state index contributed by atoms with van der Waals surface area (Å²) < 4.78 is 37.3. The molecule has 0 spiro atoms. The largest absolute Gasteiger partial charge is 0.393 e. The number of amides is 1. The van der Waals surface area contributed by atoms with Crippen LogP contribution in [0.3, 0.4) is 0 Å². The monoisotopic (exact) mass is 555 g/mol. The fourth-order valence-corrected chi connectivity index (χ4v) is 10.4. The van der Waals surface area contributed by atoms with Gasteiger partial charge in [-0.2, -0.15) is 8.42 Å². The number of hydrogen-bond acceptors (Lipinski definition) is 5. The molecule has 1 amide bonds. The molecule has 4 aliphatic carbocycles. The molecular formula is C30H53NO6S. The van der Waals surface area contributed by atoms with Crippen molar-refractivity contribution < 1.29 is 27.6 Å². The van der Waals surface area contributed by atoms with E-state index in [9.17, 15) is 18.3 Å². The Morgan fingerprint density at radius 3 is 2.50 bits per heavy atom. The molecule has 4 aliphatic rings. The number of ether oxygens (including phenoxy) is 1. The second-order valence-corrected chi connectivity index (χ2v) is 15.8. The van der Waals surface area contributed by atoms with Crippen LogP contribution >= 0.6 is 0 Å². The first kappa shape index (κ1) is 30.3. The summed E-state index contributed by atoms with van der Waals surface area (Å²) in [5.41, 5.74) is 0.461. The first-order chi connectivity index (χ1) is 17.7. The molecule has 4 rings (SSSR count). The number of hydrogen-bond donors (Lipinski definition) is 3. The van der Waals surface area contributed by atoms with Gasteiger partial charge in [0.05, 0.1) is 18.0 Å². The summed E-state index contributed by atoms with van der Waals surface area (Å²) in [6.45, 7) is 9.71. The van der Waals surface area contributed by atoms with Gasteiger partial charge in [0.15, 0.2) is 0 Å². The Morgan fingerprint density at radius 2 is 1.82 bits per heavy atom. The second-order valence-electron chi connectivity index (χ2n) is 14.2. The van der Waals surface area contributed by atoms with Gasteiger partial charge in [0.2, 0.25) is 5.91 Å². The van der Waals surface area contributed by atoms with E-state index in [0.29, 0.717) is 36.0 Å². The van der Waals surface area contributed by atoms with E-state index in [1.807, 2.05) is 7.11 Å². The quantitative estimate of drug-likeness (QED) is 0.354. The van der Waals surface area contributed by atoms with Crippen molar-refractivity contribution in [3.8, 4) is 0 Å². The molecule has 4 fully saturated rings. The van der Waals surface area contributed by atoms with Crippen LogP contribution in [0.2, 0.25) is 0 Å². The molecule has 0 aliphatic heterocycles. The molecule has 0 radical (unpaired) electrons. The Balaban J connectivity index is 1.52. The fraction of sp³-hybridized carbons (Fsp3) is 0.967. The zero-order valence-corrected chi connectivity index (χ0v) is 25.2. The summed E-state index contributed by atoms with van der Waals surface area (Å²) in [7, 11) is -2.17. The van der Waals surface area contributed by atoms with Crippen molar-refractivity contribution in [2.24, 2.45) is 45.8 Å². The van der Waals surface area contributed by atoms with Crippen molar-refractivity contribution in [1.29, 1.82) is 0 Å². The molecule has 7 nitrogen and oxygen atoms in total. The summed E-state index contributed by atoms with van der Waals surface area (Å²) in [4.78, 5) is 12.4. The third-order valence-corrected chi connectivity index (χ3v) is 13.3. The molecule has 0 unspecified atom stereocenters. The lowest BCUT2D eigenvalue weighted by Crippen LogP contribution is -2.55. The summed E-state index contributed by atoms with van der Waals surface area (Å²) in [5.74, 6) is 2.13. The maximum absolute atomic E-state index is 12.4. The van der Waals surface area contributed by atoms with E-state index in [1.54, 1.807) is 0 Å². The summed E-state index contributed by atoms with van der Waals surface area (Å²) >= 11 is 0. The highest BCUT2D eigenvalue weighted by Gasteiger charge is 2.60. The molecule has 0 aromatic rings. The van der Waals surface area contributed by atoms with Crippen molar-refractivity contribution in [3.05, 3.63) is 0 Å². The Morgan fingerprint density at radius 1 is 1.08 bits per heavy atom. The van der Waals surface area contributed by atoms with Gasteiger partial charge in [0.1, 0.15) is 0 Å². The standard InChI is InChI=1S/C30H53NO6S/c1-20(6-11-27(33)31-16-17-38(34,35)36)24-9-10-25-21-7-8-22(18-26(37-5)30(24,25)4)29(3)15-13-23(32)19-28(29,2)14-12-21/h20-26,32H,6-19H2,1-5H3,(H,31,33)(H,34,35,36)/t20-,21-,22-,23-,24-,25+,26+,28-,29-,30-/m1/s1. The minimum Gasteiger partial charge on any atom is -0.393 e. The van der Waals surface area contributed by atoms with Gasteiger partial charge in [0.25, 0.3) is 10.1 Å². The molecule has 0 heterocycles. The molecule has 38 heavy (non-hydrogen) atoms. The SMILES string of the molecule is CO[C@H]1C[C@H]2CC[C@H](CC[C@]3(C)C[C@H](O)CC[C@]23C)[C@@H]2CC[C@H]([C@H](C)CCC(=O)NCCS(=O)(=O)O)[C@@]12C. The smallest absolute Gasteiger partial charge is 0.266 e. The minimum atomic E-state index is -4.07. The van der Waals surface area contributed by atoms with E-state index < -0.39 is 15.9 Å². The lowest BCUT2D eigenvalue weighted by Gasteiger charge is -2.61. The van der Waals surface area contributed by atoms with Crippen LogP contribution in [0.15, 0.2) is 0 Å². The average molecular weight is 556 g/mol. The van der Waals surface area contributed by atoms with Gasteiger partial charge in [-0.25, -0.2) is 0 Å². The zero-order chi connectivity index (χ0) is 27.9. The van der Waals surface area contributed by atoms with E-state index in [1.165, 1.54) is 38.5 Å².